The van der Waals surface area contributed by atoms with Gasteiger partial charge < -0.3 is 9.84 Å². The zero-order chi connectivity index (χ0) is 13.1. The molecule has 100 valence electrons. The third-order valence-electron chi connectivity index (χ3n) is 2.03. The fourth-order valence-corrected chi connectivity index (χ4v) is 1.13. The predicted octanol–water partition coefficient (Wildman–Crippen LogP) is 3.04. The Morgan fingerprint density at radius 1 is 1.24 bits per heavy atom. The van der Waals surface area contributed by atoms with Gasteiger partial charge in [-0.2, -0.15) is 9.68 Å². The summed E-state index contributed by atoms with van der Waals surface area (Å²) in [4.78, 5) is 29.2. The summed E-state index contributed by atoms with van der Waals surface area (Å²) >= 11 is 0. The van der Waals surface area contributed by atoms with Crippen LogP contribution in [0.25, 0.3) is 0 Å². The van der Waals surface area contributed by atoms with E-state index in [1.54, 1.807) is 0 Å². The van der Waals surface area contributed by atoms with E-state index in [0.717, 1.165) is 25.7 Å². The van der Waals surface area contributed by atoms with E-state index in [-0.39, 0.29) is 6.10 Å². The zero-order valence-electron chi connectivity index (χ0n) is 10.0. The van der Waals surface area contributed by atoms with Crippen LogP contribution in [0.3, 0.4) is 0 Å². The molecule has 0 bridgehead atoms. The third kappa shape index (κ3) is 9.58. The van der Waals surface area contributed by atoms with Crippen LogP contribution >= 0.6 is 0 Å². The standard InChI is InChI=1S/C10H18O7/c1-3-5-6-7-8(4-2)15-17-16-10(13)14-9(11)12/h8H,3-7H2,1-2H3,(H,11,12). The van der Waals surface area contributed by atoms with Crippen LogP contribution in [0.1, 0.15) is 46.0 Å². The average Bonchev–Trinajstić information content (AvgIpc) is 2.26. The maximum absolute atomic E-state index is 10.6. The van der Waals surface area contributed by atoms with Crippen LogP contribution in [-0.4, -0.2) is 23.5 Å². The Hall–Kier alpha value is -1.34. The van der Waals surface area contributed by atoms with Crippen LogP contribution in [-0.2, 0) is 19.6 Å². The van der Waals surface area contributed by atoms with E-state index in [4.69, 9.17) is 9.99 Å². The lowest BCUT2D eigenvalue weighted by Gasteiger charge is -2.12. The summed E-state index contributed by atoms with van der Waals surface area (Å²) in [5, 5.41) is 12.2. The summed E-state index contributed by atoms with van der Waals surface area (Å²) in [6.07, 6.45) is 1.19. The van der Waals surface area contributed by atoms with E-state index in [1.165, 1.54) is 0 Å². The number of hydrogen-bond donors (Lipinski definition) is 1. The normalized spacial score (nSPS) is 11.9. The lowest BCUT2D eigenvalue weighted by atomic mass is 10.1. The van der Waals surface area contributed by atoms with Gasteiger partial charge in [0.25, 0.3) is 0 Å². The Labute approximate surface area is 99.5 Å². The second-order valence-electron chi connectivity index (χ2n) is 3.39. The second kappa shape index (κ2) is 9.86. The van der Waals surface area contributed by atoms with Gasteiger partial charge in [-0.25, -0.2) is 9.68 Å². The Kier molecular flexibility index (Phi) is 9.08. The van der Waals surface area contributed by atoms with Gasteiger partial charge in [-0.3, -0.25) is 0 Å². The van der Waals surface area contributed by atoms with Crippen molar-refractivity contribution in [2.24, 2.45) is 0 Å². The summed E-state index contributed by atoms with van der Waals surface area (Å²) in [5.74, 6) is 0. The lowest BCUT2D eigenvalue weighted by molar-refractivity contribution is -0.501. The molecule has 0 aliphatic heterocycles. The summed E-state index contributed by atoms with van der Waals surface area (Å²) in [6.45, 7) is 3.98. The first-order valence-electron chi connectivity index (χ1n) is 5.54. The molecule has 7 heteroatoms. The molecular weight excluding hydrogens is 232 g/mol. The highest BCUT2D eigenvalue weighted by Gasteiger charge is 2.14. The molecule has 7 nitrogen and oxygen atoms in total. The molecule has 0 aromatic carbocycles. The highest BCUT2D eigenvalue weighted by atomic mass is 17.5. The highest BCUT2D eigenvalue weighted by molar-refractivity contribution is 5.75. The Morgan fingerprint density at radius 3 is 2.47 bits per heavy atom. The van der Waals surface area contributed by atoms with Crippen LogP contribution in [0.5, 0.6) is 0 Å². The Morgan fingerprint density at radius 2 is 1.94 bits per heavy atom. The maximum Gasteiger partial charge on any atom is 0.553 e. The summed E-state index contributed by atoms with van der Waals surface area (Å²) in [6, 6.07) is 0. The summed E-state index contributed by atoms with van der Waals surface area (Å²) < 4.78 is 3.61. The maximum atomic E-state index is 10.6. The van der Waals surface area contributed by atoms with Crippen molar-refractivity contribution >= 4 is 12.3 Å². The van der Waals surface area contributed by atoms with Gasteiger partial charge in [0.1, 0.15) is 0 Å². The van der Waals surface area contributed by atoms with Crippen molar-refractivity contribution in [2.75, 3.05) is 0 Å². The fraction of sp³-hybridized carbons (Fsp3) is 0.800. The molecule has 17 heavy (non-hydrogen) atoms. The molecule has 0 aromatic rings. The van der Waals surface area contributed by atoms with Gasteiger partial charge in [0, 0.05) is 0 Å². The van der Waals surface area contributed by atoms with Gasteiger partial charge >= 0.3 is 12.3 Å². The van der Waals surface area contributed by atoms with E-state index in [1.807, 2.05) is 6.92 Å². The minimum atomic E-state index is -1.77. The SMILES string of the molecule is CCCCCC(CC)OOOC(=O)OC(=O)O. The van der Waals surface area contributed by atoms with Gasteiger partial charge in [-0.05, 0) is 17.9 Å². The van der Waals surface area contributed by atoms with Crippen molar-refractivity contribution in [3.05, 3.63) is 0 Å². The zero-order valence-corrected chi connectivity index (χ0v) is 10.0. The van der Waals surface area contributed by atoms with Crippen molar-refractivity contribution in [3.63, 3.8) is 0 Å². The van der Waals surface area contributed by atoms with E-state index in [0.29, 0.717) is 6.42 Å². The number of rotatable bonds is 8. The summed E-state index contributed by atoms with van der Waals surface area (Å²) in [5.41, 5.74) is 0. The molecule has 1 unspecified atom stereocenters. The van der Waals surface area contributed by atoms with Crippen molar-refractivity contribution in [2.45, 2.75) is 52.1 Å². The molecule has 1 N–H and O–H groups in total. The minimum Gasteiger partial charge on any atom is -0.449 e. The van der Waals surface area contributed by atoms with Crippen LogP contribution in [0.2, 0.25) is 0 Å². The van der Waals surface area contributed by atoms with Crippen molar-refractivity contribution in [1.82, 2.24) is 0 Å². The Bertz CT molecular complexity index is 229. The molecule has 0 amide bonds. The molecule has 0 radical (unpaired) electrons. The highest BCUT2D eigenvalue weighted by Crippen LogP contribution is 2.10. The van der Waals surface area contributed by atoms with Gasteiger partial charge in [0.05, 0.1) is 6.10 Å². The topological polar surface area (TPSA) is 91.3 Å². The van der Waals surface area contributed by atoms with Gasteiger partial charge in [0.2, 0.25) is 0 Å². The van der Waals surface area contributed by atoms with Gasteiger partial charge in [-0.1, -0.05) is 33.1 Å². The molecule has 0 saturated carbocycles. The van der Waals surface area contributed by atoms with Crippen LogP contribution in [0, 0.1) is 0 Å². The van der Waals surface area contributed by atoms with Crippen LogP contribution in [0.4, 0.5) is 9.59 Å². The molecule has 0 aliphatic rings. The first kappa shape index (κ1) is 15.7. The van der Waals surface area contributed by atoms with E-state index >= 15 is 0 Å². The Balaban J connectivity index is 3.61. The third-order valence-corrected chi connectivity index (χ3v) is 2.03. The average molecular weight is 250 g/mol. The molecule has 0 aromatic heterocycles. The van der Waals surface area contributed by atoms with Crippen LogP contribution in [0.15, 0.2) is 0 Å². The van der Waals surface area contributed by atoms with Crippen molar-refractivity contribution in [3.8, 4) is 0 Å². The molecule has 0 heterocycles. The van der Waals surface area contributed by atoms with Crippen LogP contribution < -0.4 is 0 Å². The second-order valence-corrected chi connectivity index (χ2v) is 3.39. The first-order valence-corrected chi connectivity index (χ1v) is 5.54. The lowest BCUT2D eigenvalue weighted by Crippen LogP contribution is -2.17. The van der Waals surface area contributed by atoms with Crippen molar-refractivity contribution < 1.29 is 34.2 Å². The molecular formula is C10H18O7. The minimum absolute atomic E-state index is 0.195. The predicted molar refractivity (Wildman–Crippen MR) is 56.0 cm³/mol. The largest absolute Gasteiger partial charge is 0.553 e. The van der Waals surface area contributed by atoms with Gasteiger partial charge in [-0.15, -0.1) is 0 Å². The number of carbonyl (C=O) groups excluding carboxylic acids is 1. The van der Waals surface area contributed by atoms with E-state index in [2.05, 4.69) is 21.6 Å². The number of ether oxygens (including phenoxy) is 1. The number of unbranched alkanes of at least 4 members (excludes halogenated alkanes) is 2. The summed E-state index contributed by atoms with van der Waals surface area (Å²) in [7, 11) is 0. The number of carboxylic acid groups (broad SMARTS) is 1. The molecule has 0 rings (SSSR count). The molecule has 0 aliphatic carbocycles. The molecule has 1 atom stereocenters. The van der Waals surface area contributed by atoms with Gasteiger partial charge in [0.15, 0.2) is 0 Å². The fourth-order valence-electron chi connectivity index (χ4n) is 1.13. The number of carbonyl (C=O) groups is 2. The van der Waals surface area contributed by atoms with E-state index in [9.17, 15) is 9.59 Å². The van der Waals surface area contributed by atoms with Crippen molar-refractivity contribution in [1.29, 1.82) is 0 Å². The quantitative estimate of drug-likeness (QED) is 0.233. The monoisotopic (exact) mass is 250 g/mol. The van der Waals surface area contributed by atoms with E-state index < -0.39 is 12.3 Å². The number of hydrogen-bond acceptors (Lipinski definition) is 6. The molecule has 0 fully saturated rings. The smallest absolute Gasteiger partial charge is 0.449 e. The molecule has 0 saturated heterocycles. The molecule has 0 spiro atoms. The first-order chi connectivity index (χ1) is 8.10.